The van der Waals surface area contributed by atoms with Gasteiger partial charge in [-0.25, -0.2) is 0 Å². The number of aliphatic hydroxyl groups is 3. The van der Waals surface area contributed by atoms with Crippen LogP contribution in [-0.2, 0) is 33.4 Å². The number of carbonyl (C=O) groups excluding carboxylic acids is 4. The van der Waals surface area contributed by atoms with E-state index in [0.29, 0.717) is 0 Å². The maximum atomic E-state index is 12.8. The standard InChI is InChI=1S/C25H42N4O11/c1-12(22(35)29-16(9-10-18(32)33)24(37)28-15-7-5-4-6-8-15)26-23(36)13(2)39-21-19(27-14(3)31)25(38)40-17(11-30)20(21)34/h12-13,15-17,19-21,25,30,34,38H,4-11H2,1-3H3,(H,26,36)(H,27,31)(H,28,37)(H,29,35)(H,32,33)/t12-,13+,16+,17+,19+,20+,21+,25+/m0/s1. The Morgan fingerprint density at radius 2 is 1.60 bits per heavy atom. The Labute approximate surface area is 232 Å². The first-order valence-corrected chi connectivity index (χ1v) is 13.5. The minimum atomic E-state index is -1.64. The Bertz CT molecular complexity index is 898. The molecule has 15 heteroatoms. The van der Waals surface area contributed by atoms with Gasteiger partial charge in [0.25, 0.3) is 0 Å². The normalized spacial score (nSPS) is 27.5. The molecule has 2 fully saturated rings. The van der Waals surface area contributed by atoms with Gasteiger partial charge in [-0.15, -0.1) is 0 Å². The predicted molar refractivity (Wildman–Crippen MR) is 137 cm³/mol. The average Bonchev–Trinajstić information content (AvgIpc) is 2.90. The molecule has 15 nitrogen and oxygen atoms in total. The van der Waals surface area contributed by atoms with Gasteiger partial charge in [0.1, 0.15) is 42.5 Å². The molecule has 0 bridgehead atoms. The van der Waals surface area contributed by atoms with Gasteiger partial charge in [0.05, 0.1) is 6.61 Å². The van der Waals surface area contributed by atoms with Crippen molar-refractivity contribution in [3.8, 4) is 0 Å². The number of nitrogens with one attached hydrogen (secondary N) is 4. The summed E-state index contributed by atoms with van der Waals surface area (Å²) in [6, 6.07) is -3.59. The second-order valence-electron chi connectivity index (χ2n) is 10.3. The number of hydrogen-bond acceptors (Lipinski definition) is 10. The Balaban J connectivity index is 2.01. The third kappa shape index (κ3) is 9.96. The number of aliphatic carboxylic acids is 1. The largest absolute Gasteiger partial charge is 0.481 e. The molecule has 0 aromatic heterocycles. The van der Waals surface area contributed by atoms with Gasteiger partial charge in [0.2, 0.25) is 23.6 Å². The first kappa shape index (κ1) is 33.4. The number of carboxylic acids is 1. The zero-order valence-corrected chi connectivity index (χ0v) is 23.0. The van der Waals surface area contributed by atoms with Crippen LogP contribution in [0.4, 0.5) is 0 Å². The van der Waals surface area contributed by atoms with Gasteiger partial charge in [-0.1, -0.05) is 19.3 Å². The molecule has 40 heavy (non-hydrogen) atoms. The van der Waals surface area contributed by atoms with Crippen molar-refractivity contribution in [1.29, 1.82) is 0 Å². The molecule has 4 amide bonds. The summed E-state index contributed by atoms with van der Waals surface area (Å²) in [4.78, 5) is 61.1. The average molecular weight is 575 g/mol. The molecule has 0 spiro atoms. The van der Waals surface area contributed by atoms with E-state index >= 15 is 0 Å². The van der Waals surface area contributed by atoms with Crippen LogP contribution in [0.5, 0.6) is 0 Å². The topological polar surface area (TPSA) is 233 Å². The number of carboxylic acid groups (broad SMARTS) is 1. The van der Waals surface area contributed by atoms with Gasteiger partial charge in [0.15, 0.2) is 6.29 Å². The summed E-state index contributed by atoms with van der Waals surface area (Å²) in [6.45, 7) is 3.19. The Morgan fingerprint density at radius 1 is 0.950 bits per heavy atom. The van der Waals surface area contributed by atoms with Crippen LogP contribution in [-0.4, -0.2) is 112 Å². The Hall–Kier alpha value is -2.85. The van der Waals surface area contributed by atoms with E-state index in [4.69, 9.17) is 14.6 Å². The van der Waals surface area contributed by atoms with E-state index in [1.54, 1.807) is 0 Å². The molecule has 1 heterocycles. The van der Waals surface area contributed by atoms with Crippen LogP contribution in [0.1, 0.15) is 65.7 Å². The van der Waals surface area contributed by atoms with E-state index in [-0.39, 0.29) is 18.9 Å². The predicted octanol–water partition coefficient (Wildman–Crippen LogP) is -2.36. The molecule has 0 radical (unpaired) electrons. The second-order valence-corrected chi connectivity index (χ2v) is 10.3. The summed E-state index contributed by atoms with van der Waals surface area (Å²) < 4.78 is 10.7. The summed E-state index contributed by atoms with van der Waals surface area (Å²) in [6.07, 6.45) is -2.91. The van der Waals surface area contributed by atoms with E-state index in [1.807, 2.05) is 0 Å². The van der Waals surface area contributed by atoms with Crippen LogP contribution in [0.15, 0.2) is 0 Å². The fourth-order valence-electron chi connectivity index (χ4n) is 4.71. The van der Waals surface area contributed by atoms with Crippen molar-refractivity contribution in [3.05, 3.63) is 0 Å². The van der Waals surface area contributed by atoms with Crippen molar-refractivity contribution in [2.24, 2.45) is 0 Å². The maximum absolute atomic E-state index is 12.8. The van der Waals surface area contributed by atoms with Gasteiger partial charge in [-0.3, -0.25) is 24.0 Å². The zero-order chi connectivity index (χ0) is 30.0. The van der Waals surface area contributed by atoms with Crippen molar-refractivity contribution in [3.63, 3.8) is 0 Å². The van der Waals surface area contributed by atoms with Crippen LogP contribution in [0.25, 0.3) is 0 Å². The molecule has 0 unspecified atom stereocenters. The third-order valence-electron chi connectivity index (χ3n) is 6.96. The highest BCUT2D eigenvalue weighted by Gasteiger charge is 2.47. The molecule has 1 aliphatic carbocycles. The van der Waals surface area contributed by atoms with Crippen LogP contribution in [0, 0.1) is 0 Å². The molecule has 1 saturated carbocycles. The van der Waals surface area contributed by atoms with Crippen LogP contribution >= 0.6 is 0 Å². The number of carbonyl (C=O) groups is 5. The van der Waals surface area contributed by atoms with Crippen LogP contribution in [0.3, 0.4) is 0 Å². The van der Waals surface area contributed by atoms with Crippen LogP contribution < -0.4 is 21.3 Å². The first-order valence-electron chi connectivity index (χ1n) is 13.5. The van der Waals surface area contributed by atoms with E-state index in [1.165, 1.54) is 20.8 Å². The zero-order valence-electron chi connectivity index (χ0n) is 23.0. The lowest BCUT2D eigenvalue weighted by Gasteiger charge is -2.43. The van der Waals surface area contributed by atoms with E-state index in [2.05, 4.69) is 21.3 Å². The van der Waals surface area contributed by atoms with E-state index in [9.17, 15) is 39.3 Å². The molecule has 1 saturated heterocycles. The molecule has 8 atom stereocenters. The van der Waals surface area contributed by atoms with Gasteiger partial charge >= 0.3 is 5.97 Å². The van der Waals surface area contributed by atoms with Gasteiger partial charge < -0.3 is 51.2 Å². The summed E-state index contributed by atoms with van der Waals surface area (Å²) in [7, 11) is 0. The number of ether oxygens (including phenoxy) is 2. The monoisotopic (exact) mass is 574 g/mol. The molecule has 2 rings (SSSR count). The molecule has 2 aliphatic rings. The summed E-state index contributed by atoms with van der Waals surface area (Å²) in [5, 5.41) is 49.5. The van der Waals surface area contributed by atoms with Crippen molar-refractivity contribution in [1.82, 2.24) is 21.3 Å². The fourth-order valence-corrected chi connectivity index (χ4v) is 4.71. The lowest BCUT2D eigenvalue weighted by atomic mass is 9.95. The lowest BCUT2D eigenvalue weighted by molar-refractivity contribution is -0.266. The molecule has 0 aromatic carbocycles. The minimum absolute atomic E-state index is 0.0496. The Kier molecular flexibility index (Phi) is 13.2. The number of aliphatic hydroxyl groups excluding tert-OH is 3. The number of amides is 4. The molecular formula is C25H42N4O11. The summed E-state index contributed by atoms with van der Waals surface area (Å²) in [5.74, 6) is -3.70. The molecule has 1 aliphatic heterocycles. The minimum Gasteiger partial charge on any atom is -0.481 e. The number of hydrogen-bond donors (Lipinski definition) is 8. The summed E-state index contributed by atoms with van der Waals surface area (Å²) in [5.41, 5.74) is 0. The van der Waals surface area contributed by atoms with Crippen molar-refractivity contribution in [2.45, 2.75) is 121 Å². The SMILES string of the molecule is CC(=O)N[C@@H]1[C@@H](O[C@H](C)C(=O)N[C@@H](C)C(=O)N[C@H](CCC(=O)O)C(=O)NC2CCCCC2)[C@H](O)[C@@H](CO)O[C@H]1O. The highest BCUT2D eigenvalue weighted by molar-refractivity contribution is 5.92. The summed E-state index contributed by atoms with van der Waals surface area (Å²) >= 11 is 0. The number of rotatable bonds is 13. The van der Waals surface area contributed by atoms with Gasteiger partial charge in [-0.2, -0.15) is 0 Å². The van der Waals surface area contributed by atoms with Crippen molar-refractivity contribution < 1.29 is 53.9 Å². The van der Waals surface area contributed by atoms with Gasteiger partial charge in [-0.05, 0) is 33.1 Å². The maximum Gasteiger partial charge on any atom is 0.303 e. The smallest absolute Gasteiger partial charge is 0.303 e. The lowest BCUT2D eigenvalue weighted by Crippen LogP contribution is -2.65. The third-order valence-corrected chi connectivity index (χ3v) is 6.96. The first-order chi connectivity index (χ1) is 18.8. The molecule has 0 aromatic rings. The molecule has 228 valence electrons. The molecular weight excluding hydrogens is 532 g/mol. The highest BCUT2D eigenvalue weighted by Crippen LogP contribution is 2.24. The second kappa shape index (κ2) is 15.8. The molecule has 8 N–H and O–H groups in total. The Morgan fingerprint density at radius 3 is 2.17 bits per heavy atom. The fraction of sp³-hybridized carbons (Fsp3) is 0.800. The van der Waals surface area contributed by atoms with E-state index < -0.39 is 85.0 Å². The van der Waals surface area contributed by atoms with E-state index in [0.717, 1.165) is 32.1 Å². The van der Waals surface area contributed by atoms with Gasteiger partial charge in [0, 0.05) is 19.4 Å². The van der Waals surface area contributed by atoms with Crippen molar-refractivity contribution >= 4 is 29.6 Å². The van der Waals surface area contributed by atoms with Crippen molar-refractivity contribution in [2.75, 3.05) is 6.61 Å². The highest BCUT2D eigenvalue weighted by atomic mass is 16.6. The quantitative estimate of drug-likeness (QED) is 0.116. The van der Waals surface area contributed by atoms with Crippen LogP contribution in [0.2, 0.25) is 0 Å².